The highest BCUT2D eigenvalue weighted by molar-refractivity contribution is 5.96. The van der Waals surface area contributed by atoms with Gasteiger partial charge in [0.2, 0.25) is 0 Å². The van der Waals surface area contributed by atoms with Gasteiger partial charge in [0.25, 0.3) is 5.91 Å². The molecule has 3 heteroatoms. The minimum absolute atomic E-state index is 0.00164. The van der Waals surface area contributed by atoms with Crippen LogP contribution >= 0.6 is 0 Å². The van der Waals surface area contributed by atoms with Crippen LogP contribution in [-0.2, 0) is 13.0 Å². The van der Waals surface area contributed by atoms with Crippen LogP contribution in [0.15, 0.2) is 78.9 Å². The Hall–Kier alpha value is -2.91. The average molecular weight is 370 g/mol. The third kappa shape index (κ3) is 4.00. The fourth-order valence-corrected chi connectivity index (χ4v) is 4.06. The molecule has 3 nitrogen and oxygen atoms in total. The molecular weight excluding hydrogens is 344 g/mol. The predicted octanol–water partition coefficient (Wildman–Crippen LogP) is 4.95. The van der Waals surface area contributed by atoms with Gasteiger partial charge in [-0.05, 0) is 48.1 Å². The Labute approximate surface area is 166 Å². The fourth-order valence-electron chi connectivity index (χ4n) is 4.06. The first-order chi connectivity index (χ1) is 13.7. The second-order valence-corrected chi connectivity index (χ2v) is 7.44. The lowest BCUT2D eigenvalue weighted by atomic mass is 9.98. The number of nitrogens with one attached hydrogen (secondary N) is 2. The lowest BCUT2D eigenvalue weighted by Gasteiger charge is -2.22. The SMILES string of the molecule is C[C@@H](N[C@@H]1CCc2cccc(C(=O)NCc3ccccc3)c21)c1ccccc1. The van der Waals surface area contributed by atoms with Gasteiger partial charge in [-0.25, -0.2) is 0 Å². The summed E-state index contributed by atoms with van der Waals surface area (Å²) in [4.78, 5) is 12.9. The molecule has 0 saturated heterocycles. The second-order valence-electron chi connectivity index (χ2n) is 7.44. The Morgan fingerprint density at radius 3 is 2.43 bits per heavy atom. The van der Waals surface area contributed by atoms with Crippen molar-refractivity contribution in [3.8, 4) is 0 Å². The van der Waals surface area contributed by atoms with Gasteiger partial charge in [0, 0.05) is 24.2 Å². The summed E-state index contributed by atoms with van der Waals surface area (Å²) in [5.74, 6) is 0.00164. The highest BCUT2D eigenvalue weighted by Crippen LogP contribution is 2.35. The van der Waals surface area contributed by atoms with E-state index in [0.717, 1.165) is 29.5 Å². The van der Waals surface area contributed by atoms with E-state index in [1.807, 2.05) is 48.5 Å². The summed E-state index contributed by atoms with van der Waals surface area (Å²) in [5, 5.41) is 6.82. The molecule has 0 aromatic heterocycles. The molecule has 0 unspecified atom stereocenters. The van der Waals surface area contributed by atoms with Crippen molar-refractivity contribution in [1.29, 1.82) is 0 Å². The van der Waals surface area contributed by atoms with Crippen molar-refractivity contribution in [2.45, 2.75) is 38.4 Å². The molecule has 4 rings (SSSR count). The van der Waals surface area contributed by atoms with Gasteiger partial charge in [-0.1, -0.05) is 72.8 Å². The molecule has 1 aliphatic carbocycles. The van der Waals surface area contributed by atoms with Gasteiger partial charge < -0.3 is 10.6 Å². The molecule has 0 aliphatic heterocycles. The van der Waals surface area contributed by atoms with E-state index in [4.69, 9.17) is 0 Å². The molecule has 28 heavy (non-hydrogen) atoms. The van der Waals surface area contributed by atoms with E-state index in [-0.39, 0.29) is 18.0 Å². The zero-order chi connectivity index (χ0) is 19.3. The van der Waals surface area contributed by atoms with Crippen molar-refractivity contribution in [3.05, 3.63) is 107 Å². The molecular formula is C25H26N2O. The topological polar surface area (TPSA) is 41.1 Å². The number of carbonyl (C=O) groups is 1. The number of fused-ring (bicyclic) bond motifs is 1. The third-order valence-corrected chi connectivity index (χ3v) is 5.54. The summed E-state index contributed by atoms with van der Waals surface area (Å²) in [6.07, 6.45) is 2.03. The molecule has 0 bridgehead atoms. The van der Waals surface area contributed by atoms with Gasteiger partial charge in [0.05, 0.1) is 0 Å². The molecule has 1 amide bonds. The molecule has 2 atom stereocenters. The zero-order valence-electron chi connectivity index (χ0n) is 16.2. The predicted molar refractivity (Wildman–Crippen MR) is 113 cm³/mol. The van der Waals surface area contributed by atoms with Crippen molar-refractivity contribution < 1.29 is 4.79 Å². The van der Waals surface area contributed by atoms with Crippen LogP contribution in [-0.4, -0.2) is 5.91 Å². The summed E-state index contributed by atoms with van der Waals surface area (Å²) in [6, 6.07) is 27.0. The van der Waals surface area contributed by atoms with Crippen molar-refractivity contribution in [2.75, 3.05) is 0 Å². The van der Waals surface area contributed by atoms with E-state index in [9.17, 15) is 4.79 Å². The number of benzene rings is 3. The number of carbonyl (C=O) groups excluding carboxylic acids is 1. The molecule has 3 aromatic rings. The summed E-state index contributed by atoms with van der Waals surface area (Å²) in [7, 11) is 0. The van der Waals surface area contributed by atoms with Gasteiger partial charge in [0.15, 0.2) is 0 Å². The molecule has 0 spiro atoms. The van der Waals surface area contributed by atoms with Crippen molar-refractivity contribution in [1.82, 2.24) is 10.6 Å². The first-order valence-corrected chi connectivity index (χ1v) is 9.97. The third-order valence-electron chi connectivity index (χ3n) is 5.54. The highest BCUT2D eigenvalue weighted by Gasteiger charge is 2.28. The molecule has 0 heterocycles. The van der Waals surface area contributed by atoms with Gasteiger partial charge in [0.1, 0.15) is 0 Å². The Morgan fingerprint density at radius 1 is 0.964 bits per heavy atom. The van der Waals surface area contributed by atoms with Crippen molar-refractivity contribution in [3.63, 3.8) is 0 Å². The first kappa shape index (κ1) is 18.5. The Bertz CT molecular complexity index is 937. The summed E-state index contributed by atoms with van der Waals surface area (Å²) in [6.45, 7) is 2.73. The second kappa shape index (κ2) is 8.41. The van der Waals surface area contributed by atoms with Gasteiger partial charge in [-0.15, -0.1) is 0 Å². The van der Waals surface area contributed by atoms with Crippen LogP contribution in [0.2, 0.25) is 0 Å². The number of hydrogen-bond acceptors (Lipinski definition) is 2. The minimum Gasteiger partial charge on any atom is -0.348 e. The quantitative estimate of drug-likeness (QED) is 0.644. The zero-order valence-corrected chi connectivity index (χ0v) is 16.2. The van der Waals surface area contributed by atoms with Crippen molar-refractivity contribution >= 4 is 5.91 Å². The van der Waals surface area contributed by atoms with Crippen LogP contribution in [0.25, 0.3) is 0 Å². The standard InChI is InChI=1S/C25H26N2O/c1-18(20-11-6-3-7-12-20)27-23-16-15-21-13-8-14-22(24(21)23)25(28)26-17-19-9-4-2-5-10-19/h2-14,18,23,27H,15-17H2,1H3,(H,26,28)/t18-,23-/m1/s1. The lowest BCUT2D eigenvalue weighted by molar-refractivity contribution is 0.0949. The Morgan fingerprint density at radius 2 is 1.68 bits per heavy atom. The maximum absolute atomic E-state index is 12.9. The Kier molecular flexibility index (Phi) is 5.54. The normalized spacial score (nSPS) is 16.4. The summed E-state index contributed by atoms with van der Waals surface area (Å²) >= 11 is 0. The smallest absolute Gasteiger partial charge is 0.251 e. The number of hydrogen-bond donors (Lipinski definition) is 2. The van der Waals surface area contributed by atoms with Gasteiger partial charge >= 0.3 is 0 Å². The van der Waals surface area contributed by atoms with E-state index in [0.29, 0.717) is 6.54 Å². The maximum atomic E-state index is 12.9. The first-order valence-electron chi connectivity index (χ1n) is 9.97. The molecule has 1 aliphatic rings. The van der Waals surface area contributed by atoms with Crippen LogP contribution in [0.4, 0.5) is 0 Å². The van der Waals surface area contributed by atoms with E-state index in [1.165, 1.54) is 11.1 Å². The lowest BCUT2D eigenvalue weighted by Crippen LogP contribution is -2.28. The molecule has 142 valence electrons. The summed E-state index contributed by atoms with van der Waals surface area (Å²) < 4.78 is 0. The molecule has 2 N–H and O–H groups in total. The molecule has 0 radical (unpaired) electrons. The number of aryl methyl sites for hydroxylation is 1. The summed E-state index contributed by atoms with van der Waals surface area (Å²) in [5.41, 5.74) is 5.61. The van der Waals surface area contributed by atoms with E-state index in [1.54, 1.807) is 0 Å². The van der Waals surface area contributed by atoms with E-state index in [2.05, 4.69) is 47.9 Å². The van der Waals surface area contributed by atoms with E-state index < -0.39 is 0 Å². The Balaban J connectivity index is 1.51. The van der Waals surface area contributed by atoms with Crippen molar-refractivity contribution in [2.24, 2.45) is 0 Å². The van der Waals surface area contributed by atoms with Crippen LogP contribution < -0.4 is 10.6 Å². The largest absolute Gasteiger partial charge is 0.348 e. The van der Waals surface area contributed by atoms with Crippen LogP contribution in [0, 0.1) is 0 Å². The average Bonchev–Trinajstić information content (AvgIpc) is 3.16. The van der Waals surface area contributed by atoms with Crippen LogP contribution in [0.3, 0.4) is 0 Å². The molecule has 3 aromatic carbocycles. The maximum Gasteiger partial charge on any atom is 0.251 e. The van der Waals surface area contributed by atoms with Gasteiger partial charge in [-0.2, -0.15) is 0 Å². The number of amides is 1. The minimum atomic E-state index is 0.00164. The molecule has 0 saturated carbocycles. The van der Waals surface area contributed by atoms with Crippen LogP contribution in [0.1, 0.15) is 58.0 Å². The number of rotatable bonds is 6. The highest BCUT2D eigenvalue weighted by atomic mass is 16.1. The van der Waals surface area contributed by atoms with Crippen LogP contribution in [0.5, 0.6) is 0 Å². The van der Waals surface area contributed by atoms with Gasteiger partial charge in [-0.3, -0.25) is 4.79 Å². The molecule has 0 fully saturated rings. The monoisotopic (exact) mass is 370 g/mol. The van der Waals surface area contributed by atoms with E-state index >= 15 is 0 Å². The fraction of sp³-hybridized carbons (Fsp3) is 0.240.